The van der Waals surface area contributed by atoms with Crippen LogP contribution in [0.2, 0.25) is 0 Å². The molecule has 3 atom stereocenters. The van der Waals surface area contributed by atoms with E-state index in [9.17, 15) is 19.1 Å². The number of carbonyl (C=O) groups is 2. The Morgan fingerprint density at radius 3 is 2.29 bits per heavy atom. The van der Waals surface area contributed by atoms with Crippen LogP contribution in [0.15, 0.2) is 36.4 Å². The van der Waals surface area contributed by atoms with Gasteiger partial charge in [0.1, 0.15) is 5.82 Å². The summed E-state index contributed by atoms with van der Waals surface area (Å²) in [7, 11) is 0. The zero-order chi connectivity index (χ0) is 15.0. The molecule has 5 heteroatoms. The van der Waals surface area contributed by atoms with Gasteiger partial charge in [0.25, 0.3) is 0 Å². The molecular formula is C16H16FNO3. The van der Waals surface area contributed by atoms with Gasteiger partial charge in [0.15, 0.2) is 0 Å². The number of benzene rings is 1. The second kappa shape index (κ2) is 5.41. The molecule has 0 spiro atoms. The van der Waals surface area contributed by atoms with Crippen LogP contribution in [0, 0.1) is 17.7 Å². The summed E-state index contributed by atoms with van der Waals surface area (Å²) >= 11 is 0. The van der Waals surface area contributed by atoms with Gasteiger partial charge in [-0.2, -0.15) is 0 Å². The predicted octanol–water partition coefficient (Wildman–Crippen LogP) is 1.81. The van der Waals surface area contributed by atoms with Crippen molar-refractivity contribution in [2.45, 2.75) is 18.9 Å². The van der Waals surface area contributed by atoms with Crippen LogP contribution in [0.25, 0.3) is 0 Å². The van der Waals surface area contributed by atoms with E-state index >= 15 is 0 Å². The molecule has 3 rings (SSSR count). The van der Waals surface area contributed by atoms with Crippen molar-refractivity contribution < 1.29 is 19.1 Å². The average Bonchev–Trinajstić information content (AvgIpc) is 2.73. The highest BCUT2D eigenvalue weighted by Gasteiger charge is 2.47. The van der Waals surface area contributed by atoms with Crippen molar-refractivity contribution in [3.8, 4) is 0 Å². The monoisotopic (exact) mass is 289 g/mol. The van der Waals surface area contributed by atoms with Gasteiger partial charge in [-0.15, -0.1) is 0 Å². The average molecular weight is 289 g/mol. The summed E-state index contributed by atoms with van der Waals surface area (Å²) in [5.41, 5.74) is 0.103. The van der Waals surface area contributed by atoms with Gasteiger partial charge in [0.2, 0.25) is 11.8 Å². The number of allylic oxidation sites excluding steroid dienone is 2. The number of halogens is 1. The first-order valence-electron chi connectivity index (χ1n) is 7.02. The minimum absolute atomic E-state index is 0.103. The van der Waals surface area contributed by atoms with Gasteiger partial charge in [0, 0.05) is 5.56 Å². The van der Waals surface area contributed by atoms with Gasteiger partial charge in [0.05, 0.1) is 24.5 Å². The summed E-state index contributed by atoms with van der Waals surface area (Å²) in [5, 5.41) is 10.1. The van der Waals surface area contributed by atoms with E-state index in [0.717, 1.165) is 4.90 Å². The quantitative estimate of drug-likeness (QED) is 0.682. The van der Waals surface area contributed by atoms with Gasteiger partial charge in [-0.1, -0.05) is 30.4 Å². The topological polar surface area (TPSA) is 57.6 Å². The SMILES string of the molecule is O=C1[C@H]2CC=CC[C@H]2C(=O)N1C[C@@H](O)c1ccccc1F. The molecule has 1 N–H and O–H groups in total. The van der Waals surface area contributed by atoms with Crippen molar-refractivity contribution in [1.82, 2.24) is 4.90 Å². The number of fused-ring (bicyclic) bond motifs is 1. The van der Waals surface area contributed by atoms with E-state index in [4.69, 9.17) is 0 Å². The number of β-amino-alcohol motifs (C(OH)–C–C–N with tert-alkyl or cyclic N) is 1. The van der Waals surface area contributed by atoms with Gasteiger partial charge < -0.3 is 5.11 Å². The number of aliphatic hydroxyl groups is 1. The van der Waals surface area contributed by atoms with Crippen molar-refractivity contribution in [3.63, 3.8) is 0 Å². The van der Waals surface area contributed by atoms with Crippen LogP contribution in [0.1, 0.15) is 24.5 Å². The molecule has 1 heterocycles. The number of amides is 2. The van der Waals surface area contributed by atoms with E-state index in [1.165, 1.54) is 18.2 Å². The lowest BCUT2D eigenvalue weighted by Gasteiger charge is -2.19. The van der Waals surface area contributed by atoms with Crippen LogP contribution in [0.4, 0.5) is 4.39 Å². The third-order valence-electron chi connectivity index (χ3n) is 4.22. The summed E-state index contributed by atoms with van der Waals surface area (Å²) in [6.07, 6.45) is 3.72. The molecular weight excluding hydrogens is 273 g/mol. The van der Waals surface area contributed by atoms with Crippen LogP contribution in [-0.2, 0) is 9.59 Å². The fourth-order valence-corrected chi connectivity index (χ4v) is 3.07. The number of rotatable bonds is 3. The predicted molar refractivity (Wildman–Crippen MR) is 73.4 cm³/mol. The fraction of sp³-hybridized carbons (Fsp3) is 0.375. The Hall–Kier alpha value is -2.01. The van der Waals surface area contributed by atoms with Crippen LogP contribution in [-0.4, -0.2) is 28.4 Å². The molecule has 0 radical (unpaired) electrons. The summed E-state index contributed by atoms with van der Waals surface area (Å²) < 4.78 is 13.6. The van der Waals surface area contributed by atoms with E-state index < -0.39 is 11.9 Å². The van der Waals surface area contributed by atoms with Gasteiger partial charge in [-0.25, -0.2) is 4.39 Å². The number of nitrogens with zero attached hydrogens (tertiary/aromatic N) is 1. The molecule has 1 aliphatic carbocycles. The molecule has 110 valence electrons. The number of hydrogen-bond donors (Lipinski definition) is 1. The molecule has 1 fully saturated rings. The molecule has 21 heavy (non-hydrogen) atoms. The second-order valence-electron chi connectivity index (χ2n) is 5.48. The van der Waals surface area contributed by atoms with Crippen molar-refractivity contribution in [2.75, 3.05) is 6.54 Å². The second-order valence-corrected chi connectivity index (χ2v) is 5.48. The van der Waals surface area contributed by atoms with Crippen molar-refractivity contribution >= 4 is 11.8 Å². The summed E-state index contributed by atoms with van der Waals surface area (Å²) in [6, 6.07) is 5.84. The molecule has 4 nitrogen and oxygen atoms in total. The molecule has 0 unspecified atom stereocenters. The summed E-state index contributed by atoms with van der Waals surface area (Å²) in [6.45, 7) is -0.189. The molecule has 2 amide bonds. The van der Waals surface area contributed by atoms with Crippen LogP contribution in [0.3, 0.4) is 0 Å². The third kappa shape index (κ3) is 2.38. The Kier molecular flexibility index (Phi) is 3.59. The third-order valence-corrected chi connectivity index (χ3v) is 4.22. The van der Waals surface area contributed by atoms with Gasteiger partial charge in [-0.3, -0.25) is 14.5 Å². The highest BCUT2D eigenvalue weighted by molar-refractivity contribution is 6.05. The van der Waals surface area contributed by atoms with Crippen LogP contribution < -0.4 is 0 Å². The van der Waals surface area contributed by atoms with Gasteiger partial charge in [-0.05, 0) is 18.9 Å². The van der Waals surface area contributed by atoms with Gasteiger partial charge >= 0.3 is 0 Å². The van der Waals surface area contributed by atoms with Crippen LogP contribution in [0.5, 0.6) is 0 Å². The Morgan fingerprint density at radius 2 is 1.71 bits per heavy atom. The zero-order valence-corrected chi connectivity index (χ0v) is 11.4. The van der Waals surface area contributed by atoms with E-state index in [1.54, 1.807) is 6.07 Å². The summed E-state index contributed by atoms with van der Waals surface area (Å²) in [5.74, 6) is -1.71. The molecule has 1 aliphatic heterocycles. The molecule has 0 aromatic heterocycles. The Morgan fingerprint density at radius 1 is 1.14 bits per heavy atom. The number of carbonyl (C=O) groups excluding carboxylic acids is 2. The van der Waals surface area contributed by atoms with E-state index in [2.05, 4.69) is 0 Å². The number of imide groups is 1. The largest absolute Gasteiger partial charge is 0.386 e. The molecule has 0 bridgehead atoms. The number of likely N-dealkylation sites (tertiary alicyclic amines) is 1. The zero-order valence-electron chi connectivity index (χ0n) is 11.4. The Bertz CT molecular complexity index is 587. The summed E-state index contributed by atoms with van der Waals surface area (Å²) in [4.78, 5) is 25.6. The molecule has 1 aromatic carbocycles. The Labute approximate surface area is 121 Å². The van der Waals surface area contributed by atoms with E-state index in [0.29, 0.717) is 12.8 Å². The number of hydrogen-bond acceptors (Lipinski definition) is 3. The maximum Gasteiger partial charge on any atom is 0.233 e. The lowest BCUT2D eigenvalue weighted by molar-refractivity contribution is -0.141. The lowest BCUT2D eigenvalue weighted by atomic mass is 9.85. The van der Waals surface area contributed by atoms with Crippen LogP contribution >= 0.6 is 0 Å². The minimum Gasteiger partial charge on any atom is -0.386 e. The maximum absolute atomic E-state index is 13.6. The normalized spacial score (nSPS) is 26.1. The van der Waals surface area contributed by atoms with Crippen molar-refractivity contribution in [2.24, 2.45) is 11.8 Å². The highest BCUT2D eigenvalue weighted by Crippen LogP contribution is 2.36. The maximum atomic E-state index is 13.6. The molecule has 1 aromatic rings. The highest BCUT2D eigenvalue weighted by atomic mass is 19.1. The fourth-order valence-electron chi connectivity index (χ4n) is 3.07. The van der Waals surface area contributed by atoms with E-state index in [-0.39, 0.29) is 35.8 Å². The minimum atomic E-state index is -1.20. The van der Waals surface area contributed by atoms with Crippen molar-refractivity contribution in [3.05, 3.63) is 47.8 Å². The molecule has 2 aliphatic rings. The first-order chi connectivity index (χ1) is 10.1. The smallest absolute Gasteiger partial charge is 0.233 e. The van der Waals surface area contributed by atoms with E-state index in [1.807, 2.05) is 12.2 Å². The molecule has 0 saturated carbocycles. The molecule has 1 saturated heterocycles. The lowest BCUT2D eigenvalue weighted by Crippen LogP contribution is -2.35. The first-order valence-corrected chi connectivity index (χ1v) is 7.02. The standard InChI is InChI=1S/C16H16FNO3/c17-13-8-4-3-7-12(13)14(19)9-18-15(20)10-5-1-2-6-11(10)16(18)21/h1-4,7-8,10-11,14,19H,5-6,9H2/t10-,11+,14-/m1/s1. The first kappa shape index (κ1) is 13.9. The Balaban J connectivity index is 1.78. The number of aliphatic hydroxyl groups excluding tert-OH is 1. The van der Waals surface area contributed by atoms with Crippen molar-refractivity contribution in [1.29, 1.82) is 0 Å².